The van der Waals surface area contributed by atoms with E-state index in [1.807, 2.05) is 41.4 Å². The summed E-state index contributed by atoms with van der Waals surface area (Å²) in [7, 11) is 0. The van der Waals surface area contributed by atoms with Gasteiger partial charge in [0.25, 0.3) is 5.91 Å². The lowest BCUT2D eigenvalue weighted by Crippen LogP contribution is -2.43. The third-order valence-corrected chi connectivity index (χ3v) is 5.13. The van der Waals surface area contributed by atoms with Crippen LogP contribution in [0.4, 0.5) is 5.82 Å². The molecule has 5 nitrogen and oxygen atoms in total. The molecular weight excluding hydrogens is 312 g/mol. The number of nitrogens with zero attached hydrogens (tertiary/aromatic N) is 3. The normalized spacial score (nSPS) is 20.7. The molecule has 1 aromatic carbocycles. The maximum Gasteiger partial charge on any atom is 0.254 e. The number of likely N-dealkylation sites (tertiary alicyclic amines) is 1. The zero-order chi connectivity index (χ0) is 17.1. The van der Waals surface area contributed by atoms with Crippen molar-refractivity contribution in [3.63, 3.8) is 0 Å². The lowest BCUT2D eigenvalue weighted by atomic mass is 10.1. The van der Waals surface area contributed by atoms with Crippen LogP contribution in [-0.2, 0) is 0 Å². The van der Waals surface area contributed by atoms with Crippen molar-refractivity contribution in [2.75, 3.05) is 37.6 Å². The first-order valence-corrected chi connectivity index (χ1v) is 9.10. The van der Waals surface area contributed by atoms with E-state index in [2.05, 4.69) is 27.3 Å². The maximum atomic E-state index is 12.8. The molecule has 2 aromatic rings. The van der Waals surface area contributed by atoms with Gasteiger partial charge in [0, 0.05) is 44.5 Å². The van der Waals surface area contributed by atoms with Gasteiger partial charge in [0.2, 0.25) is 0 Å². The molecule has 0 radical (unpaired) electrons. The van der Waals surface area contributed by atoms with Crippen molar-refractivity contribution in [2.45, 2.75) is 18.9 Å². The summed E-state index contributed by atoms with van der Waals surface area (Å²) in [6.07, 6.45) is 4.01. The third-order valence-electron chi connectivity index (χ3n) is 5.13. The Kier molecular flexibility index (Phi) is 4.65. The molecule has 25 heavy (non-hydrogen) atoms. The van der Waals surface area contributed by atoms with E-state index in [1.54, 1.807) is 0 Å². The second kappa shape index (κ2) is 7.23. The first kappa shape index (κ1) is 16.1. The Morgan fingerprint density at radius 2 is 1.84 bits per heavy atom. The van der Waals surface area contributed by atoms with Gasteiger partial charge in [-0.3, -0.25) is 4.79 Å². The molecule has 4 rings (SSSR count). The lowest BCUT2D eigenvalue weighted by molar-refractivity contribution is 0.0735. The van der Waals surface area contributed by atoms with E-state index >= 15 is 0 Å². The summed E-state index contributed by atoms with van der Waals surface area (Å²) in [6, 6.07) is 13.9. The predicted molar refractivity (Wildman–Crippen MR) is 98.8 cm³/mol. The standard InChI is InChI=1S/C20H24N4O/c25-20(16-5-2-1-3-6-16)24-12-4-7-18(24)17-8-9-19(22-15-17)23-13-10-21-11-14-23/h1-3,5-6,8-9,15,18,21H,4,7,10-14H2/t18-/m0/s1. The number of nitrogens with one attached hydrogen (secondary N) is 1. The minimum absolute atomic E-state index is 0.120. The maximum absolute atomic E-state index is 12.8. The number of anilines is 1. The van der Waals surface area contributed by atoms with Gasteiger partial charge in [0.05, 0.1) is 6.04 Å². The number of amides is 1. The summed E-state index contributed by atoms with van der Waals surface area (Å²) in [5, 5.41) is 3.36. The average Bonchev–Trinajstić information content (AvgIpc) is 3.19. The number of benzene rings is 1. The summed E-state index contributed by atoms with van der Waals surface area (Å²) in [5.41, 5.74) is 1.90. The van der Waals surface area contributed by atoms with Gasteiger partial charge in [0.15, 0.2) is 0 Å². The second-order valence-corrected chi connectivity index (χ2v) is 6.71. The highest BCUT2D eigenvalue weighted by Crippen LogP contribution is 2.33. The van der Waals surface area contributed by atoms with Crippen molar-refractivity contribution in [3.05, 3.63) is 59.8 Å². The van der Waals surface area contributed by atoms with Crippen molar-refractivity contribution < 1.29 is 4.79 Å². The molecule has 1 aromatic heterocycles. The van der Waals surface area contributed by atoms with Gasteiger partial charge in [-0.25, -0.2) is 4.98 Å². The van der Waals surface area contributed by atoms with Gasteiger partial charge in [-0.2, -0.15) is 0 Å². The third kappa shape index (κ3) is 3.37. The molecule has 0 bridgehead atoms. The van der Waals surface area contributed by atoms with Crippen LogP contribution in [0.1, 0.15) is 34.8 Å². The highest BCUT2D eigenvalue weighted by atomic mass is 16.2. The fourth-order valence-electron chi connectivity index (χ4n) is 3.78. The fourth-order valence-corrected chi connectivity index (χ4v) is 3.78. The lowest BCUT2D eigenvalue weighted by Gasteiger charge is -2.29. The Morgan fingerprint density at radius 1 is 1.04 bits per heavy atom. The van der Waals surface area contributed by atoms with Crippen molar-refractivity contribution in [1.29, 1.82) is 0 Å². The topological polar surface area (TPSA) is 48.5 Å². The van der Waals surface area contributed by atoms with Gasteiger partial charge < -0.3 is 15.1 Å². The summed E-state index contributed by atoms with van der Waals surface area (Å²) in [4.78, 5) is 21.8. The zero-order valence-corrected chi connectivity index (χ0v) is 14.4. The van der Waals surface area contributed by atoms with E-state index in [4.69, 9.17) is 0 Å². The van der Waals surface area contributed by atoms with Crippen LogP contribution in [0, 0.1) is 0 Å². The van der Waals surface area contributed by atoms with Crippen LogP contribution >= 0.6 is 0 Å². The summed E-state index contributed by atoms with van der Waals surface area (Å²) in [6.45, 7) is 4.82. The fraction of sp³-hybridized carbons (Fsp3) is 0.400. The van der Waals surface area contributed by atoms with Crippen molar-refractivity contribution in [2.24, 2.45) is 0 Å². The molecule has 0 unspecified atom stereocenters. The van der Waals surface area contributed by atoms with Crippen molar-refractivity contribution >= 4 is 11.7 Å². The van der Waals surface area contributed by atoms with Crippen LogP contribution in [0.3, 0.4) is 0 Å². The van der Waals surface area contributed by atoms with Gasteiger partial charge in [-0.1, -0.05) is 24.3 Å². The summed E-state index contributed by atoms with van der Waals surface area (Å²) >= 11 is 0. The molecular formula is C20H24N4O. The molecule has 0 spiro atoms. The molecule has 2 saturated heterocycles. The Morgan fingerprint density at radius 3 is 2.56 bits per heavy atom. The van der Waals surface area contributed by atoms with Gasteiger partial charge >= 0.3 is 0 Å². The van der Waals surface area contributed by atoms with E-state index in [-0.39, 0.29) is 11.9 Å². The largest absolute Gasteiger partial charge is 0.354 e. The molecule has 2 fully saturated rings. The summed E-state index contributed by atoms with van der Waals surface area (Å²) < 4.78 is 0. The minimum Gasteiger partial charge on any atom is -0.354 e. The molecule has 1 N–H and O–H groups in total. The summed E-state index contributed by atoms with van der Waals surface area (Å²) in [5.74, 6) is 1.15. The molecule has 3 heterocycles. The number of piperazine rings is 1. The average molecular weight is 336 g/mol. The van der Waals surface area contributed by atoms with E-state index in [0.29, 0.717) is 0 Å². The molecule has 1 amide bonds. The van der Waals surface area contributed by atoms with Gasteiger partial charge in [0.1, 0.15) is 5.82 Å². The first-order valence-electron chi connectivity index (χ1n) is 9.10. The number of carbonyl (C=O) groups excluding carboxylic acids is 1. The number of hydrogen-bond acceptors (Lipinski definition) is 4. The molecule has 5 heteroatoms. The highest BCUT2D eigenvalue weighted by molar-refractivity contribution is 5.94. The highest BCUT2D eigenvalue weighted by Gasteiger charge is 2.30. The second-order valence-electron chi connectivity index (χ2n) is 6.71. The quantitative estimate of drug-likeness (QED) is 0.935. The molecule has 2 aliphatic heterocycles. The zero-order valence-electron chi connectivity index (χ0n) is 14.4. The predicted octanol–water partition coefficient (Wildman–Crippen LogP) is 2.47. The Bertz CT molecular complexity index is 710. The molecule has 1 atom stereocenters. The van der Waals surface area contributed by atoms with Crippen molar-refractivity contribution in [1.82, 2.24) is 15.2 Å². The van der Waals surface area contributed by atoms with E-state index in [1.165, 1.54) is 0 Å². The minimum atomic E-state index is 0.120. The van der Waals surface area contributed by atoms with Gasteiger partial charge in [-0.15, -0.1) is 0 Å². The number of carbonyl (C=O) groups is 1. The molecule has 0 saturated carbocycles. The molecule has 2 aliphatic rings. The monoisotopic (exact) mass is 336 g/mol. The van der Waals surface area contributed by atoms with Crippen LogP contribution in [0.2, 0.25) is 0 Å². The van der Waals surface area contributed by atoms with E-state index < -0.39 is 0 Å². The van der Waals surface area contributed by atoms with Crippen LogP contribution in [0.15, 0.2) is 48.7 Å². The van der Waals surface area contributed by atoms with Crippen LogP contribution in [0.5, 0.6) is 0 Å². The van der Waals surface area contributed by atoms with E-state index in [0.717, 1.165) is 62.5 Å². The first-order chi connectivity index (χ1) is 12.3. The number of pyridine rings is 1. The molecule has 130 valence electrons. The smallest absolute Gasteiger partial charge is 0.254 e. The number of aromatic nitrogens is 1. The van der Waals surface area contributed by atoms with Crippen LogP contribution in [-0.4, -0.2) is 48.5 Å². The van der Waals surface area contributed by atoms with Crippen molar-refractivity contribution in [3.8, 4) is 0 Å². The number of hydrogen-bond donors (Lipinski definition) is 1. The van der Waals surface area contributed by atoms with Crippen LogP contribution in [0.25, 0.3) is 0 Å². The van der Waals surface area contributed by atoms with Crippen LogP contribution < -0.4 is 10.2 Å². The number of rotatable bonds is 3. The Hall–Kier alpha value is -2.40. The SMILES string of the molecule is O=C(c1ccccc1)N1CCC[C@H]1c1ccc(N2CCNCC2)nc1. The Labute approximate surface area is 148 Å². The van der Waals surface area contributed by atoms with Gasteiger partial charge in [-0.05, 0) is 36.6 Å². The Balaban J connectivity index is 1.51. The van der Waals surface area contributed by atoms with E-state index in [9.17, 15) is 4.79 Å². The molecule has 0 aliphatic carbocycles.